The fourth-order valence-electron chi connectivity index (χ4n) is 2.37. The molecule has 1 aromatic carbocycles. The highest BCUT2D eigenvalue weighted by Gasteiger charge is 2.41. The molecule has 1 heterocycles. The standard InChI is InChI=1S/C14H17NO4S/c1-3-12-15(11(7-20-12)14(18)19)13(17)10-5-4-9(16)6-8(10)2/h4-6,11-12,16H,3,7H2,1-2H3,(H,18,19). The number of carboxylic acid groups (broad SMARTS) is 1. The van der Waals surface area contributed by atoms with E-state index in [4.69, 9.17) is 0 Å². The zero-order valence-electron chi connectivity index (χ0n) is 11.4. The minimum absolute atomic E-state index is 0.0941. The van der Waals surface area contributed by atoms with Crippen molar-refractivity contribution in [1.29, 1.82) is 0 Å². The quantitative estimate of drug-likeness (QED) is 0.892. The van der Waals surface area contributed by atoms with Crippen molar-refractivity contribution in [2.24, 2.45) is 0 Å². The first kappa shape index (κ1) is 14.7. The number of benzene rings is 1. The monoisotopic (exact) mass is 295 g/mol. The van der Waals surface area contributed by atoms with E-state index in [9.17, 15) is 19.8 Å². The summed E-state index contributed by atoms with van der Waals surface area (Å²) in [7, 11) is 0. The largest absolute Gasteiger partial charge is 0.508 e. The van der Waals surface area contributed by atoms with E-state index in [1.54, 1.807) is 13.0 Å². The molecule has 0 saturated carbocycles. The summed E-state index contributed by atoms with van der Waals surface area (Å²) in [5.74, 6) is -0.752. The van der Waals surface area contributed by atoms with Gasteiger partial charge in [-0.05, 0) is 37.1 Å². The molecule has 108 valence electrons. The van der Waals surface area contributed by atoms with Crippen LogP contribution in [-0.4, -0.2) is 44.2 Å². The van der Waals surface area contributed by atoms with Gasteiger partial charge in [0.15, 0.2) is 0 Å². The lowest BCUT2D eigenvalue weighted by Gasteiger charge is -2.27. The summed E-state index contributed by atoms with van der Waals surface area (Å²) >= 11 is 1.49. The Kier molecular flexibility index (Phi) is 4.23. The topological polar surface area (TPSA) is 77.8 Å². The van der Waals surface area contributed by atoms with Crippen molar-refractivity contribution in [2.75, 3.05) is 5.75 Å². The summed E-state index contributed by atoms with van der Waals surface area (Å²) in [6, 6.07) is 3.71. The van der Waals surface area contributed by atoms with Crippen LogP contribution in [0.4, 0.5) is 0 Å². The Labute approximate surface area is 121 Å². The molecule has 0 aliphatic carbocycles. The normalized spacial score (nSPS) is 22.0. The summed E-state index contributed by atoms with van der Waals surface area (Å²) < 4.78 is 0. The van der Waals surface area contributed by atoms with Crippen molar-refractivity contribution < 1.29 is 19.8 Å². The van der Waals surface area contributed by atoms with Crippen molar-refractivity contribution in [3.8, 4) is 5.75 Å². The summed E-state index contributed by atoms with van der Waals surface area (Å²) in [5.41, 5.74) is 1.08. The van der Waals surface area contributed by atoms with Crippen LogP contribution >= 0.6 is 11.8 Å². The number of rotatable bonds is 3. The number of aliphatic carboxylic acids is 1. The van der Waals surface area contributed by atoms with Crippen LogP contribution in [0, 0.1) is 6.92 Å². The zero-order valence-corrected chi connectivity index (χ0v) is 12.2. The number of phenols is 1. The van der Waals surface area contributed by atoms with E-state index in [1.807, 2.05) is 6.92 Å². The predicted molar refractivity (Wildman–Crippen MR) is 77.0 cm³/mol. The van der Waals surface area contributed by atoms with E-state index in [2.05, 4.69) is 0 Å². The van der Waals surface area contributed by atoms with Crippen LogP contribution in [0.3, 0.4) is 0 Å². The number of hydrogen-bond donors (Lipinski definition) is 2. The molecule has 1 aromatic rings. The number of thioether (sulfide) groups is 1. The number of amides is 1. The maximum Gasteiger partial charge on any atom is 0.327 e. The molecule has 1 fully saturated rings. The van der Waals surface area contributed by atoms with Gasteiger partial charge in [0.1, 0.15) is 11.8 Å². The van der Waals surface area contributed by atoms with Crippen LogP contribution in [0.5, 0.6) is 5.75 Å². The molecule has 6 heteroatoms. The Morgan fingerprint density at radius 1 is 1.45 bits per heavy atom. The lowest BCUT2D eigenvalue weighted by atomic mass is 10.1. The predicted octanol–water partition coefficient (Wildman–Crippen LogP) is 2.08. The molecular formula is C14H17NO4S. The van der Waals surface area contributed by atoms with Crippen LogP contribution in [0.2, 0.25) is 0 Å². The Balaban J connectivity index is 2.36. The van der Waals surface area contributed by atoms with Crippen LogP contribution in [-0.2, 0) is 4.79 Å². The lowest BCUT2D eigenvalue weighted by Crippen LogP contribution is -2.45. The van der Waals surface area contributed by atoms with Gasteiger partial charge in [-0.3, -0.25) is 4.79 Å². The molecular weight excluding hydrogens is 278 g/mol. The van der Waals surface area contributed by atoms with E-state index in [-0.39, 0.29) is 17.0 Å². The molecule has 20 heavy (non-hydrogen) atoms. The first-order valence-electron chi connectivity index (χ1n) is 6.42. The Morgan fingerprint density at radius 3 is 2.70 bits per heavy atom. The van der Waals surface area contributed by atoms with Gasteiger partial charge in [-0.1, -0.05) is 6.92 Å². The first-order chi connectivity index (χ1) is 9.45. The highest BCUT2D eigenvalue weighted by atomic mass is 32.2. The smallest absolute Gasteiger partial charge is 0.327 e. The van der Waals surface area contributed by atoms with Crippen molar-refractivity contribution in [2.45, 2.75) is 31.7 Å². The number of aryl methyl sites for hydroxylation is 1. The number of carboxylic acids is 1. The maximum absolute atomic E-state index is 12.6. The molecule has 0 radical (unpaired) electrons. The molecule has 1 amide bonds. The van der Waals surface area contributed by atoms with Gasteiger partial charge < -0.3 is 15.1 Å². The number of hydrogen-bond acceptors (Lipinski definition) is 4. The summed E-state index contributed by atoms with van der Waals surface area (Å²) in [6.45, 7) is 3.67. The number of nitrogens with zero attached hydrogens (tertiary/aromatic N) is 1. The zero-order chi connectivity index (χ0) is 14.9. The van der Waals surface area contributed by atoms with E-state index in [1.165, 1.54) is 28.8 Å². The van der Waals surface area contributed by atoms with E-state index in [0.29, 0.717) is 23.3 Å². The van der Waals surface area contributed by atoms with Crippen molar-refractivity contribution in [3.63, 3.8) is 0 Å². The van der Waals surface area contributed by atoms with Gasteiger partial charge in [0.2, 0.25) is 0 Å². The molecule has 2 rings (SSSR count). The molecule has 0 spiro atoms. The average Bonchev–Trinajstić information content (AvgIpc) is 2.81. The third-order valence-corrected chi connectivity index (χ3v) is 4.86. The Morgan fingerprint density at radius 2 is 2.15 bits per heavy atom. The van der Waals surface area contributed by atoms with Gasteiger partial charge in [-0.25, -0.2) is 4.79 Å². The molecule has 0 aromatic heterocycles. The molecule has 2 atom stereocenters. The SMILES string of the molecule is CCC1SCC(C(=O)O)N1C(=O)c1ccc(O)cc1C. The first-order valence-corrected chi connectivity index (χ1v) is 7.47. The third-order valence-electron chi connectivity index (χ3n) is 3.40. The van der Waals surface area contributed by atoms with Crippen LogP contribution in [0.15, 0.2) is 18.2 Å². The third kappa shape index (κ3) is 2.60. The fraction of sp³-hybridized carbons (Fsp3) is 0.429. The lowest BCUT2D eigenvalue weighted by molar-refractivity contribution is -0.141. The molecule has 0 bridgehead atoms. The minimum Gasteiger partial charge on any atom is -0.508 e. The fourth-order valence-corrected chi connectivity index (χ4v) is 3.71. The van der Waals surface area contributed by atoms with Gasteiger partial charge in [0.25, 0.3) is 5.91 Å². The van der Waals surface area contributed by atoms with E-state index >= 15 is 0 Å². The van der Waals surface area contributed by atoms with Gasteiger partial charge in [-0.15, -0.1) is 11.8 Å². The molecule has 2 N–H and O–H groups in total. The highest BCUT2D eigenvalue weighted by molar-refractivity contribution is 8.00. The van der Waals surface area contributed by atoms with Gasteiger partial charge >= 0.3 is 5.97 Å². The average molecular weight is 295 g/mol. The molecule has 1 aliphatic rings. The molecule has 2 unspecified atom stereocenters. The summed E-state index contributed by atoms with van der Waals surface area (Å²) in [6.07, 6.45) is 0.706. The van der Waals surface area contributed by atoms with Crippen LogP contribution in [0.1, 0.15) is 29.3 Å². The number of carbonyl (C=O) groups is 2. The second-order valence-corrected chi connectivity index (χ2v) is 5.97. The number of aromatic hydroxyl groups is 1. The second kappa shape index (κ2) is 5.75. The molecule has 1 saturated heterocycles. The number of phenolic OH excluding ortho intramolecular Hbond substituents is 1. The van der Waals surface area contributed by atoms with Gasteiger partial charge in [0, 0.05) is 11.3 Å². The van der Waals surface area contributed by atoms with Crippen LogP contribution < -0.4 is 0 Å². The minimum atomic E-state index is -0.974. The van der Waals surface area contributed by atoms with Crippen molar-refractivity contribution >= 4 is 23.6 Å². The summed E-state index contributed by atoms with van der Waals surface area (Å²) in [4.78, 5) is 25.4. The van der Waals surface area contributed by atoms with Gasteiger partial charge in [-0.2, -0.15) is 0 Å². The highest BCUT2D eigenvalue weighted by Crippen LogP contribution is 2.33. The molecule has 1 aliphatic heterocycles. The maximum atomic E-state index is 12.6. The second-order valence-electron chi connectivity index (χ2n) is 4.76. The van der Waals surface area contributed by atoms with E-state index < -0.39 is 12.0 Å². The van der Waals surface area contributed by atoms with Crippen molar-refractivity contribution in [3.05, 3.63) is 29.3 Å². The number of carbonyl (C=O) groups excluding carboxylic acids is 1. The Hall–Kier alpha value is -1.69. The van der Waals surface area contributed by atoms with Crippen molar-refractivity contribution in [1.82, 2.24) is 4.90 Å². The van der Waals surface area contributed by atoms with E-state index in [0.717, 1.165) is 0 Å². The van der Waals surface area contributed by atoms with Gasteiger partial charge in [0.05, 0.1) is 5.37 Å². The Bertz CT molecular complexity index is 546. The van der Waals surface area contributed by atoms with Crippen LogP contribution in [0.25, 0.3) is 0 Å². The molecule has 5 nitrogen and oxygen atoms in total. The summed E-state index contributed by atoms with van der Waals surface area (Å²) in [5, 5.41) is 18.5.